The zero-order valence-electron chi connectivity index (χ0n) is 13.2. The molecule has 0 atom stereocenters. The first kappa shape index (κ1) is 18.6. The van der Waals surface area contributed by atoms with Gasteiger partial charge in [-0.15, -0.1) is 4.83 Å². The summed E-state index contributed by atoms with van der Waals surface area (Å²) >= 11 is 0. The van der Waals surface area contributed by atoms with E-state index < -0.39 is 27.7 Å². The second-order valence-corrected chi connectivity index (χ2v) is 6.60. The lowest BCUT2D eigenvalue weighted by Gasteiger charge is -2.11. The Balaban J connectivity index is 2.08. The lowest BCUT2D eigenvalue weighted by atomic mass is 10.1. The lowest BCUT2D eigenvalue weighted by molar-refractivity contribution is -0.120. The molecule has 2 N–H and O–H groups in total. The Morgan fingerprint density at radius 2 is 1.72 bits per heavy atom. The van der Waals surface area contributed by atoms with Gasteiger partial charge in [0.25, 0.3) is 10.0 Å². The molecule has 0 saturated heterocycles. The number of hydrogen-bond acceptors (Lipinski definition) is 5. The van der Waals surface area contributed by atoms with Crippen molar-refractivity contribution >= 4 is 21.9 Å². The molecular formula is C16H15FN2O5S. The van der Waals surface area contributed by atoms with E-state index in [1.807, 2.05) is 10.3 Å². The van der Waals surface area contributed by atoms with Crippen molar-refractivity contribution in [3.05, 3.63) is 65.5 Å². The zero-order valence-corrected chi connectivity index (χ0v) is 14.0. The minimum atomic E-state index is -4.18. The largest absolute Gasteiger partial charge is 0.465 e. The Bertz CT molecular complexity index is 882. The van der Waals surface area contributed by atoms with Gasteiger partial charge in [0.2, 0.25) is 5.91 Å². The van der Waals surface area contributed by atoms with Gasteiger partial charge in [-0.25, -0.2) is 17.6 Å². The van der Waals surface area contributed by atoms with Crippen LogP contribution in [0.5, 0.6) is 0 Å². The summed E-state index contributed by atoms with van der Waals surface area (Å²) < 4.78 is 41.9. The highest BCUT2D eigenvalue weighted by Gasteiger charge is 2.23. The molecule has 0 aliphatic rings. The van der Waals surface area contributed by atoms with Crippen LogP contribution in [0.3, 0.4) is 0 Å². The maximum absolute atomic E-state index is 12.8. The van der Waals surface area contributed by atoms with Crippen LogP contribution in [0.2, 0.25) is 0 Å². The van der Waals surface area contributed by atoms with Gasteiger partial charge in [0.1, 0.15) is 5.82 Å². The summed E-state index contributed by atoms with van der Waals surface area (Å²) in [5, 5.41) is 0. The standard InChI is InChI=1S/C16H15FN2O5S/c1-24-16(21)13-4-2-3-5-14(13)25(22,23)19-18-15(20)10-11-6-8-12(17)9-7-11/h2-9,19H,10H2,1H3,(H,18,20). The van der Waals surface area contributed by atoms with Crippen molar-refractivity contribution in [1.29, 1.82) is 0 Å². The number of benzene rings is 2. The predicted octanol–water partition coefficient (Wildman–Crippen LogP) is 1.16. The number of amides is 1. The van der Waals surface area contributed by atoms with Crippen LogP contribution in [0.25, 0.3) is 0 Å². The lowest BCUT2D eigenvalue weighted by Crippen LogP contribution is -2.42. The Kier molecular flexibility index (Phi) is 5.84. The Hall–Kier alpha value is -2.78. The van der Waals surface area contributed by atoms with E-state index in [-0.39, 0.29) is 16.9 Å². The van der Waals surface area contributed by atoms with Gasteiger partial charge in [-0.2, -0.15) is 0 Å². The van der Waals surface area contributed by atoms with Crippen LogP contribution in [0.4, 0.5) is 4.39 Å². The molecule has 0 saturated carbocycles. The maximum atomic E-state index is 12.8. The monoisotopic (exact) mass is 366 g/mol. The number of sulfonamides is 1. The summed E-state index contributed by atoms with van der Waals surface area (Å²) in [5.74, 6) is -1.91. The number of ether oxygens (including phenoxy) is 1. The number of carbonyl (C=O) groups excluding carboxylic acids is 2. The molecule has 0 bridgehead atoms. The summed E-state index contributed by atoms with van der Waals surface area (Å²) in [7, 11) is -3.05. The number of hydrazine groups is 1. The SMILES string of the molecule is COC(=O)c1ccccc1S(=O)(=O)NNC(=O)Cc1ccc(F)cc1. The van der Waals surface area contributed by atoms with E-state index in [1.165, 1.54) is 48.5 Å². The van der Waals surface area contributed by atoms with Crippen molar-refractivity contribution < 1.29 is 27.1 Å². The van der Waals surface area contributed by atoms with E-state index in [9.17, 15) is 22.4 Å². The number of halogens is 1. The number of nitrogens with one attached hydrogen (secondary N) is 2. The molecule has 0 spiro atoms. The fourth-order valence-corrected chi connectivity index (χ4v) is 3.05. The average Bonchev–Trinajstić information content (AvgIpc) is 2.61. The zero-order chi connectivity index (χ0) is 18.4. The molecular weight excluding hydrogens is 351 g/mol. The highest BCUT2D eigenvalue weighted by molar-refractivity contribution is 7.89. The number of rotatable bonds is 6. The number of hydrogen-bond donors (Lipinski definition) is 2. The number of methoxy groups -OCH3 is 1. The molecule has 0 fully saturated rings. The molecule has 0 aliphatic carbocycles. The average molecular weight is 366 g/mol. The molecule has 2 aromatic rings. The third-order valence-electron chi connectivity index (χ3n) is 3.18. The second kappa shape index (κ2) is 7.86. The molecule has 9 heteroatoms. The summed E-state index contributed by atoms with van der Waals surface area (Å²) in [4.78, 5) is 25.1. The normalized spacial score (nSPS) is 11.0. The van der Waals surface area contributed by atoms with Gasteiger partial charge in [-0.3, -0.25) is 10.2 Å². The van der Waals surface area contributed by atoms with Crippen LogP contribution in [0.15, 0.2) is 53.4 Å². The van der Waals surface area contributed by atoms with Crippen LogP contribution in [0, 0.1) is 5.82 Å². The van der Waals surface area contributed by atoms with E-state index in [0.717, 1.165) is 7.11 Å². The third-order valence-corrected chi connectivity index (χ3v) is 4.49. The number of esters is 1. The molecule has 0 heterocycles. The molecule has 2 aromatic carbocycles. The van der Waals surface area contributed by atoms with Crippen LogP contribution >= 0.6 is 0 Å². The Labute approximate surface area is 143 Å². The topological polar surface area (TPSA) is 102 Å². The van der Waals surface area contributed by atoms with E-state index >= 15 is 0 Å². The molecule has 0 radical (unpaired) electrons. The minimum Gasteiger partial charge on any atom is -0.465 e. The van der Waals surface area contributed by atoms with Crippen LogP contribution in [-0.2, 0) is 26.0 Å². The van der Waals surface area contributed by atoms with Gasteiger partial charge < -0.3 is 4.74 Å². The molecule has 1 amide bonds. The first-order chi connectivity index (χ1) is 11.8. The molecule has 0 aromatic heterocycles. The molecule has 7 nitrogen and oxygen atoms in total. The second-order valence-electron chi connectivity index (χ2n) is 4.94. The van der Waals surface area contributed by atoms with E-state index in [2.05, 4.69) is 4.74 Å². The maximum Gasteiger partial charge on any atom is 0.339 e. The highest BCUT2D eigenvalue weighted by atomic mass is 32.2. The van der Waals surface area contributed by atoms with Crippen molar-refractivity contribution in [2.24, 2.45) is 0 Å². The fourth-order valence-electron chi connectivity index (χ4n) is 1.99. The highest BCUT2D eigenvalue weighted by Crippen LogP contribution is 2.15. The van der Waals surface area contributed by atoms with Crippen LogP contribution in [-0.4, -0.2) is 27.4 Å². The van der Waals surface area contributed by atoms with Gasteiger partial charge in [0.05, 0.1) is 24.0 Å². The first-order valence-corrected chi connectivity index (χ1v) is 8.54. The Morgan fingerprint density at radius 1 is 1.08 bits per heavy atom. The third kappa shape index (κ3) is 4.85. The van der Waals surface area contributed by atoms with Crippen molar-refractivity contribution in [2.45, 2.75) is 11.3 Å². The van der Waals surface area contributed by atoms with Crippen molar-refractivity contribution in [3.8, 4) is 0 Å². The molecule has 0 unspecified atom stereocenters. The smallest absolute Gasteiger partial charge is 0.339 e. The van der Waals surface area contributed by atoms with Gasteiger partial charge >= 0.3 is 5.97 Å². The molecule has 132 valence electrons. The molecule has 25 heavy (non-hydrogen) atoms. The van der Waals surface area contributed by atoms with Gasteiger partial charge in [-0.05, 0) is 29.8 Å². The molecule has 0 aliphatic heterocycles. The van der Waals surface area contributed by atoms with Crippen LogP contribution in [0.1, 0.15) is 15.9 Å². The minimum absolute atomic E-state index is 0.151. The van der Waals surface area contributed by atoms with E-state index in [1.54, 1.807) is 0 Å². The van der Waals surface area contributed by atoms with Crippen molar-refractivity contribution in [2.75, 3.05) is 7.11 Å². The fraction of sp³-hybridized carbons (Fsp3) is 0.125. The van der Waals surface area contributed by atoms with Gasteiger partial charge in [0, 0.05) is 0 Å². The van der Waals surface area contributed by atoms with Gasteiger partial charge in [-0.1, -0.05) is 24.3 Å². The van der Waals surface area contributed by atoms with E-state index in [4.69, 9.17) is 0 Å². The predicted molar refractivity (Wildman–Crippen MR) is 86.3 cm³/mol. The summed E-state index contributed by atoms with van der Waals surface area (Å²) in [5.41, 5.74) is 2.39. The summed E-state index contributed by atoms with van der Waals surface area (Å²) in [6.45, 7) is 0. The first-order valence-electron chi connectivity index (χ1n) is 7.06. The van der Waals surface area contributed by atoms with Crippen molar-refractivity contribution in [3.63, 3.8) is 0 Å². The van der Waals surface area contributed by atoms with Crippen LogP contribution < -0.4 is 10.3 Å². The summed E-state index contributed by atoms with van der Waals surface area (Å²) in [6.07, 6.45) is -0.151. The summed E-state index contributed by atoms with van der Waals surface area (Å²) in [6, 6.07) is 10.6. The van der Waals surface area contributed by atoms with E-state index in [0.29, 0.717) is 5.56 Å². The Morgan fingerprint density at radius 3 is 2.36 bits per heavy atom. The molecule has 2 rings (SSSR count). The van der Waals surface area contributed by atoms with Gasteiger partial charge in [0.15, 0.2) is 0 Å². The quantitative estimate of drug-likeness (QED) is 0.590. The number of carbonyl (C=O) groups is 2. The van der Waals surface area contributed by atoms with Crippen molar-refractivity contribution in [1.82, 2.24) is 10.3 Å².